The second-order valence-electron chi connectivity index (χ2n) is 4.88. The Kier molecular flexibility index (Phi) is 2.47. The van der Waals surface area contributed by atoms with Gasteiger partial charge in [0.2, 0.25) is 0 Å². The molecule has 3 rings (SSSR count). The molecule has 0 radical (unpaired) electrons. The number of anilines is 1. The Hall–Kier alpha value is -2.04. The van der Waals surface area contributed by atoms with Gasteiger partial charge in [-0.2, -0.15) is 0 Å². The minimum Gasteiger partial charge on any atom is -0.481 e. The molecule has 5 heteroatoms. The number of imidazole rings is 1. The summed E-state index contributed by atoms with van der Waals surface area (Å²) >= 11 is 0. The van der Waals surface area contributed by atoms with Crippen molar-refractivity contribution >= 4 is 22.7 Å². The first-order valence-electron chi connectivity index (χ1n) is 6.06. The molecule has 0 aliphatic heterocycles. The first-order chi connectivity index (χ1) is 8.63. The van der Waals surface area contributed by atoms with Crippen molar-refractivity contribution < 1.29 is 9.90 Å². The molecule has 2 unspecified atom stereocenters. The molecule has 1 saturated carbocycles. The largest absolute Gasteiger partial charge is 0.481 e. The van der Waals surface area contributed by atoms with Crippen LogP contribution in [0.3, 0.4) is 0 Å². The van der Waals surface area contributed by atoms with E-state index in [1.165, 1.54) is 0 Å². The number of aryl methyl sites for hydroxylation is 1. The molecule has 94 valence electrons. The van der Waals surface area contributed by atoms with E-state index < -0.39 is 5.97 Å². The maximum Gasteiger partial charge on any atom is 0.306 e. The Bertz CT molecular complexity index is 605. The van der Waals surface area contributed by atoms with Crippen molar-refractivity contribution in [2.45, 2.75) is 13.3 Å². The minimum atomic E-state index is -0.679. The van der Waals surface area contributed by atoms with E-state index in [0.717, 1.165) is 35.5 Å². The number of hydrogen-bond donors (Lipinski definition) is 3. The topological polar surface area (TPSA) is 78.0 Å². The van der Waals surface area contributed by atoms with Crippen LogP contribution in [0.5, 0.6) is 0 Å². The molecular formula is C13H15N3O2. The van der Waals surface area contributed by atoms with Gasteiger partial charge in [0.1, 0.15) is 5.82 Å². The van der Waals surface area contributed by atoms with Gasteiger partial charge < -0.3 is 15.4 Å². The number of benzene rings is 1. The Labute approximate surface area is 104 Å². The average Bonchev–Trinajstić information content (AvgIpc) is 3.01. The Morgan fingerprint density at radius 3 is 3.17 bits per heavy atom. The molecular weight excluding hydrogens is 230 g/mol. The lowest BCUT2D eigenvalue weighted by Crippen LogP contribution is -2.08. The van der Waals surface area contributed by atoms with Crippen LogP contribution in [-0.2, 0) is 4.79 Å². The average molecular weight is 245 g/mol. The molecule has 1 aromatic carbocycles. The van der Waals surface area contributed by atoms with Crippen molar-refractivity contribution in [3.05, 3.63) is 24.0 Å². The zero-order chi connectivity index (χ0) is 12.7. The number of carbonyl (C=O) groups is 1. The van der Waals surface area contributed by atoms with E-state index in [1.54, 1.807) is 0 Å². The number of aromatic nitrogens is 2. The van der Waals surface area contributed by atoms with E-state index in [2.05, 4.69) is 15.3 Å². The molecule has 1 aliphatic carbocycles. The molecule has 0 saturated heterocycles. The van der Waals surface area contributed by atoms with Gasteiger partial charge in [-0.1, -0.05) is 0 Å². The van der Waals surface area contributed by atoms with Crippen molar-refractivity contribution in [3.8, 4) is 0 Å². The number of H-pyrrole nitrogens is 1. The number of nitrogens with zero attached hydrogens (tertiary/aromatic N) is 1. The highest BCUT2D eigenvalue weighted by atomic mass is 16.4. The fraction of sp³-hybridized carbons (Fsp3) is 0.385. The van der Waals surface area contributed by atoms with Gasteiger partial charge in [0.15, 0.2) is 0 Å². The van der Waals surface area contributed by atoms with Crippen LogP contribution in [0.1, 0.15) is 12.2 Å². The van der Waals surface area contributed by atoms with Crippen LogP contribution in [-0.4, -0.2) is 27.6 Å². The van der Waals surface area contributed by atoms with Crippen LogP contribution in [0.15, 0.2) is 18.2 Å². The predicted octanol–water partition coefficient (Wildman–Crippen LogP) is 2.00. The van der Waals surface area contributed by atoms with Crippen LogP contribution in [0.25, 0.3) is 11.0 Å². The highest BCUT2D eigenvalue weighted by molar-refractivity contribution is 5.79. The summed E-state index contributed by atoms with van der Waals surface area (Å²) in [5.41, 5.74) is 2.96. The Morgan fingerprint density at radius 2 is 2.44 bits per heavy atom. The first kappa shape index (κ1) is 11.1. The van der Waals surface area contributed by atoms with Crippen LogP contribution < -0.4 is 5.32 Å². The van der Waals surface area contributed by atoms with Crippen molar-refractivity contribution in [2.75, 3.05) is 11.9 Å². The minimum absolute atomic E-state index is 0.157. The van der Waals surface area contributed by atoms with Gasteiger partial charge in [0.05, 0.1) is 17.0 Å². The number of rotatable bonds is 4. The van der Waals surface area contributed by atoms with E-state index in [-0.39, 0.29) is 11.8 Å². The SMILES string of the molecule is Cc1nc2ccc(NCC3CC3C(=O)O)cc2[nH]1. The second-order valence-corrected chi connectivity index (χ2v) is 4.88. The summed E-state index contributed by atoms with van der Waals surface area (Å²) in [6.45, 7) is 2.64. The van der Waals surface area contributed by atoms with Crippen molar-refractivity contribution in [1.82, 2.24) is 9.97 Å². The Morgan fingerprint density at radius 1 is 1.61 bits per heavy atom. The van der Waals surface area contributed by atoms with Gasteiger partial charge in [0, 0.05) is 12.2 Å². The number of aliphatic carboxylic acids is 1. The maximum absolute atomic E-state index is 10.7. The summed E-state index contributed by atoms with van der Waals surface area (Å²) in [5, 5.41) is 12.1. The lowest BCUT2D eigenvalue weighted by atomic mass is 10.2. The number of carboxylic acid groups (broad SMARTS) is 1. The maximum atomic E-state index is 10.7. The number of nitrogens with one attached hydrogen (secondary N) is 2. The van der Waals surface area contributed by atoms with Crippen LogP contribution >= 0.6 is 0 Å². The standard InChI is InChI=1S/C13H15N3O2/c1-7-15-11-3-2-9(5-12(11)16-7)14-6-8-4-10(8)13(17)18/h2-3,5,8,10,14H,4,6H2,1H3,(H,15,16)(H,17,18). The zero-order valence-electron chi connectivity index (χ0n) is 10.1. The third kappa shape index (κ3) is 2.03. The molecule has 5 nitrogen and oxygen atoms in total. The molecule has 3 N–H and O–H groups in total. The summed E-state index contributed by atoms with van der Waals surface area (Å²) in [6.07, 6.45) is 0.785. The Balaban J connectivity index is 1.66. The number of aromatic amines is 1. The van der Waals surface area contributed by atoms with Crippen molar-refractivity contribution in [3.63, 3.8) is 0 Å². The van der Waals surface area contributed by atoms with E-state index >= 15 is 0 Å². The van der Waals surface area contributed by atoms with E-state index in [0.29, 0.717) is 0 Å². The van der Waals surface area contributed by atoms with Crippen molar-refractivity contribution in [1.29, 1.82) is 0 Å². The fourth-order valence-electron chi connectivity index (χ4n) is 2.27. The molecule has 18 heavy (non-hydrogen) atoms. The van der Waals surface area contributed by atoms with Crippen LogP contribution in [0, 0.1) is 18.8 Å². The molecule has 1 fully saturated rings. The molecule has 0 bridgehead atoms. The summed E-state index contributed by atoms with van der Waals surface area (Å²) in [4.78, 5) is 18.2. The van der Waals surface area contributed by atoms with Gasteiger partial charge in [-0.25, -0.2) is 4.98 Å². The van der Waals surface area contributed by atoms with Gasteiger partial charge in [-0.15, -0.1) is 0 Å². The lowest BCUT2D eigenvalue weighted by molar-refractivity contribution is -0.138. The third-order valence-corrected chi connectivity index (χ3v) is 3.41. The van der Waals surface area contributed by atoms with Crippen molar-refractivity contribution in [2.24, 2.45) is 11.8 Å². The van der Waals surface area contributed by atoms with Gasteiger partial charge in [-0.3, -0.25) is 4.79 Å². The summed E-state index contributed by atoms with van der Waals surface area (Å²) in [7, 11) is 0. The molecule has 2 atom stereocenters. The zero-order valence-corrected chi connectivity index (χ0v) is 10.1. The van der Waals surface area contributed by atoms with E-state index in [4.69, 9.17) is 5.11 Å². The molecule has 1 aliphatic rings. The summed E-state index contributed by atoms with van der Waals surface area (Å²) in [6, 6.07) is 5.94. The normalized spacial score (nSPS) is 22.1. The first-order valence-corrected chi connectivity index (χ1v) is 6.06. The number of carboxylic acids is 1. The van der Waals surface area contributed by atoms with Gasteiger partial charge in [-0.05, 0) is 37.5 Å². The molecule has 0 amide bonds. The van der Waals surface area contributed by atoms with E-state index in [9.17, 15) is 4.79 Å². The summed E-state index contributed by atoms with van der Waals surface area (Å²) < 4.78 is 0. The number of hydrogen-bond acceptors (Lipinski definition) is 3. The lowest BCUT2D eigenvalue weighted by Gasteiger charge is -2.05. The quantitative estimate of drug-likeness (QED) is 0.770. The molecule has 1 aromatic heterocycles. The third-order valence-electron chi connectivity index (χ3n) is 3.41. The second kappa shape index (κ2) is 4.01. The molecule has 1 heterocycles. The molecule has 2 aromatic rings. The highest BCUT2D eigenvalue weighted by Gasteiger charge is 2.42. The van der Waals surface area contributed by atoms with E-state index in [1.807, 2.05) is 25.1 Å². The van der Waals surface area contributed by atoms with Crippen LogP contribution in [0.4, 0.5) is 5.69 Å². The summed E-state index contributed by atoms with van der Waals surface area (Å²) in [5.74, 6) is 0.328. The predicted molar refractivity (Wildman–Crippen MR) is 68.6 cm³/mol. The monoisotopic (exact) mass is 245 g/mol. The fourth-order valence-corrected chi connectivity index (χ4v) is 2.27. The van der Waals surface area contributed by atoms with Gasteiger partial charge in [0.25, 0.3) is 0 Å². The van der Waals surface area contributed by atoms with Gasteiger partial charge >= 0.3 is 5.97 Å². The highest BCUT2D eigenvalue weighted by Crippen LogP contribution is 2.38. The smallest absolute Gasteiger partial charge is 0.306 e. The van der Waals surface area contributed by atoms with Crippen LogP contribution in [0.2, 0.25) is 0 Å². The molecule has 0 spiro atoms. The number of fused-ring (bicyclic) bond motifs is 1.